The SMILES string of the molecule is C1=NC2=NC(c3ccc(N4CCCCC4)cc3Nc3ccncc3)=CC3=CC(c4ccc(N5CCCCC5)cc4Nc4ccncc4)=NC(=N1)N32. The number of piperidine rings is 2. The summed E-state index contributed by atoms with van der Waals surface area (Å²) >= 11 is 0. The number of nitrogens with one attached hydrogen (secondary N) is 2. The number of nitrogens with zero attached hydrogens (tertiary/aromatic N) is 9. The molecule has 2 N–H and O–H groups in total. The van der Waals surface area contributed by atoms with Gasteiger partial charge in [-0.1, -0.05) is 0 Å². The second-order valence-electron chi connectivity index (χ2n) is 13.3. The number of hydrogen-bond acceptors (Lipinski definition) is 11. The lowest BCUT2D eigenvalue weighted by molar-refractivity contribution is 0.578. The lowest BCUT2D eigenvalue weighted by Gasteiger charge is -2.33. The number of anilines is 6. The third-order valence-electron chi connectivity index (χ3n) is 9.93. The molecule has 5 aliphatic rings. The van der Waals surface area contributed by atoms with Crippen LogP contribution in [0, 0.1) is 0 Å². The van der Waals surface area contributed by atoms with Gasteiger partial charge >= 0.3 is 0 Å². The minimum atomic E-state index is 0.539. The molecule has 7 heterocycles. The molecule has 5 aliphatic heterocycles. The van der Waals surface area contributed by atoms with E-state index in [0.29, 0.717) is 11.9 Å². The van der Waals surface area contributed by atoms with E-state index in [1.807, 2.05) is 29.2 Å². The van der Waals surface area contributed by atoms with Crippen molar-refractivity contribution in [3.8, 4) is 0 Å². The summed E-state index contributed by atoms with van der Waals surface area (Å²) in [5.41, 5.74) is 10.8. The molecule has 2 aromatic heterocycles. The van der Waals surface area contributed by atoms with Crippen molar-refractivity contribution in [1.29, 1.82) is 0 Å². The predicted molar refractivity (Wildman–Crippen MR) is 208 cm³/mol. The van der Waals surface area contributed by atoms with Crippen LogP contribution in [0.25, 0.3) is 5.70 Å². The van der Waals surface area contributed by atoms with Gasteiger partial charge in [0.05, 0.1) is 28.5 Å². The van der Waals surface area contributed by atoms with Crippen LogP contribution in [0.3, 0.4) is 0 Å². The molecule has 0 spiro atoms. The van der Waals surface area contributed by atoms with E-state index >= 15 is 0 Å². The van der Waals surface area contributed by atoms with E-state index in [0.717, 1.165) is 77.2 Å². The lowest BCUT2D eigenvalue weighted by atomic mass is 10.0. The van der Waals surface area contributed by atoms with Gasteiger partial charge in [-0.3, -0.25) is 9.97 Å². The van der Waals surface area contributed by atoms with Crippen molar-refractivity contribution in [1.82, 2.24) is 14.9 Å². The van der Waals surface area contributed by atoms with Gasteiger partial charge in [-0.05, 0) is 111 Å². The summed E-state index contributed by atoms with van der Waals surface area (Å²) in [6.45, 7) is 4.27. The molecule has 0 atom stereocenters. The summed E-state index contributed by atoms with van der Waals surface area (Å²) in [5.74, 6) is 1.08. The van der Waals surface area contributed by atoms with Gasteiger partial charge < -0.3 is 20.4 Å². The second kappa shape index (κ2) is 13.7. The molecule has 2 aromatic carbocycles. The Morgan fingerprint density at radius 2 is 1.12 bits per heavy atom. The van der Waals surface area contributed by atoms with Gasteiger partial charge in [0.25, 0.3) is 0 Å². The van der Waals surface area contributed by atoms with Crippen molar-refractivity contribution in [2.24, 2.45) is 20.0 Å². The summed E-state index contributed by atoms with van der Waals surface area (Å²) in [6.07, 6.45) is 20.4. The highest BCUT2D eigenvalue weighted by atomic mass is 15.4. The van der Waals surface area contributed by atoms with E-state index in [1.54, 1.807) is 31.1 Å². The predicted octanol–water partition coefficient (Wildman–Crippen LogP) is 7.74. The maximum atomic E-state index is 5.06. The van der Waals surface area contributed by atoms with Gasteiger partial charge in [-0.25, -0.2) is 24.9 Å². The molecule has 4 aromatic rings. The smallest absolute Gasteiger partial charge is 0.239 e. The van der Waals surface area contributed by atoms with E-state index in [2.05, 4.69) is 88.9 Å². The van der Waals surface area contributed by atoms with E-state index in [1.165, 1.54) is 49.9 Å². The molecule has 11 nitrogen and oxygen atoms in total. The Hall–Kier alpha value is -6.10. The minimum Gasteiger partial charge on any atom is -0.371 e. The van der Waals surface area contributed by atoms with Crippen LogP contribution >= 0.6 is 0 Å². The molecule has 0 radical (unpaired) electrons. The first-order valence-electron chi connectivity index (χ1n) is 17.9. The first-order chi connectivity index (χ1) is 25.2. The fourth-order valence-electron chi connectivity index (χ4n) is 7.33. The molecule has 51 heavy (non-hydrogen) atoms. The largest absolute Gasteiger partial charge is 0.371 e. The van der Waals surface area contributed by atoms with Crippen LogP contribution in [-0.4, -0.2) is 65.0 Å². The number of hydrogen-bond donors (Lipinski definition) is 2. The van der Waals surface area contributed by atoms with Gasteiger partial charge in [0.2, 0.25) is 11.9 Å². The Morgan fingerprint density at radius 1 is 0.549 bits per heavy atom. The highest BCUT2D eigenvalue weighted by molar-refractivity contribution is 6.24. The Kier molecular flexibility index (Phi) is 8.28. The maximum Gasteiger partial charge on any atom is 0.239 e. The first-order valence-corrected chi connectivity index (χ1v) is 17.9. The zero-order valence-electron chi connectivity index (χ0n) is 28.4. The number of aliphatic imine (C=N–C) groups is 4. The van der Waals surface area contributed by atoms with E-state index in [9.17, 15) is 0 Å². The van der Waals surface area contributed by atoms with Crippen LogP contribution < -0.4 is 20.4 Å². The third kappa shape index (κ3) is 6.38. The Morgan fingerprint density at radius 3 is 1.73 bits per heavy atom. The number of benzene rings is 2. The fourth-order valence-corrected chi connectivity index (χ4v) is 7.33. The van der Waals surface area contributed by atoms with Crippen molar-refractivity contribution in [2.75, 3.05) is 46.6 Å². The molecule has 2 fully saturated rings. The molecule has 0 saturated carbocycles. The molecule has 0 amide bonds. The standard InChI is InChI=1S/C40H39N11/c1-3-19-49(20-4-1)30-7-9-33(35(23-30)45-28-11-15-41-16-12-28)37-25-32-26-38(48-40-44-27-43-39(47-37)51(32)40)34-10-8-31(50-21-5-2-6-22-50)24-36(34)46-29-13-17-42-18-14-29/h7-18,23-27H,1-6,19-22H2,(H,41,45)(H,42,46). The highest BCUT2D eigenvalue weighted by Crippen LogP contribution is 2.38. The van der Waals surface area contributed by atoms with Crippen LogP contribution in [0.5, 0.6) is 0 Å². The topological polar surface area (TPSA) is 109 Å². The van der Waals surface area contributed by atoms with Gasteiger partial charge in [0.15, 0.2) is 0 Å². The summed E-state index contributed by atoms with van der Waals surface area (Å²) in [5, 5.41) is 7.32. The summed E-state index contributed by atoms with van der Waals surface area (Å²) in [7, 11) is 0. The molecule has 0 aliphatic carbocycles. The van der Waals surface area contributed by atoms with Crippen molar-refractivity contribution >= 4 is 63.8 Å². The highest BCUT2D eigenvalue weighted by Gasteiger charge is 2.32. The van der Waals surface area contributed by atoms with E-state index in [4.69, 9.17) is 9.98 Å². The van der Waals surface area contributed by atoms with Crippen LogP contribution in [0.15, 0.2) is 123 Å². The van der Waals surface area contributed by atoms with Crippen LogP contribution in [0.2, 0.25) is 0 Å². The average molecular weight is 674 g/mol. The number of pyridine rings is 2. The third-order valence-corrected chi connectivity index (χ3v) is 9.93. The van der Waals surface area contributed by atoms with Crippen LogP contribution in [0.1, 0.15) is 49.7 Å². The fraction of sp³-hybridized carbons (Fsp3) is 0.250. The monoisotopic (exact) mass is 673 g/mol. The molecule has 11 heteroatoms. The van der Waals surface area contributed by atoms with Crippen molar-refractivity contribution < 1.29 is 0 Å². The van der Waals surface area contributed by atoms with Gasteiger partial charge in [-0.2, -0.15) is 0 Å². The molecular weight excluding hydrogens is 635 g/mol. The Labute approximate surface area is 297 Å². The Bertz CT molecular complexity index is 2010. The zero-order valence-corrected chi connectivity index (χ0v) is 28.4. The number of guanidine groups is 2. The summed E-state index contributed by atoms with van der Waals surface area (Å²) in [6, 6.07) is 21.2. The number of rotatable bonds is 8. The maximum absolute atomic E-state index is 5.06. The number of aromatic nitrogens is 2. The van der Waals surface area contributed by atoms with Crippen LogP contribution in [0.4, 0.5) is 34.1 Å². The quantitative estimate of drug-likeness (QED) is 0.197. The lowest BCUT2D eigenvalue weighted by Crippen LogP contribution is -2.40. The molecule has 2 saturated heterocycles. The molecule has 9 rings (SSSR count). The van der Waals surface area contributed by atoms with Crippen molar-refractivity contribution in [2.45, 2.75) is 38.5 Å². The van der Waals surface area contributed by atoms with Crippen molar-refractivity contribution in [3.05, 3.63) is 114 Å². The molecule has 0 unspecified atom stereocenters. The van der Waals surface area contributed by atoms with E-state index in [-0.39, 0.29) is 0 Å². The van der Waals surface area contributed by atoms with Gasteiger partial charge in [-0.15, -0.1) is 0 Å². The minimum absolute atomic E-state index is 0.539. The van der Waals surface area contributed by atoms with Gasteiger partial charge in [0, 0.05) is 84.8 Å². The Balaban J connectivity index is 1.12. The average Bonchev–Trinajstić information content (AvgIpc) is 3.19. The normalized spacial score (nSPS) is 18.2. The number of allylic oxidation sites excluding steroid dienone is 2. The summed E-state index contributed by atoms with van der Waals surface area (Å²) < 4.78 is 0. The van der Waals surface area contributed by atoms with E-state index < -0.39 is 0 Å². The molecular formula is C40H39N11. The first kappa shape index (κ1) is 30.9. The van der Waals surface area contributed by atoms with Crippen molar-refractivity contribution in [3.63, 3.8) is 0 Å². The van der Waals surface area contributed by atoms with Crippen LogP contribution in [-0.2, 0) is 0 Å². The molecule has 0 bridgehead atoms. The molecule has 254 valence electrons. The second-order valence-corrected chi connectivity index (χ2v) is 13.3. The zero-order chi connectivity index (χ0) is 34.0. The van der Waals surface area contributed by atoms with Gasteiger partial charge in [0.1, 0.15) is 6.34 Å². The summed E-state index contributed by atoms with van der Waals surface area (Å²) in [4.78, 5) is 34.6.